The molecule has 2 heteroatoms. The fourth-order valence-corrected chi connectivity index (χ4v) is 18.1. The minimum absolute atomic E-state index is 0.146. The molecule has 0 amide bonds. The summed E-state index contributed by atoms with van der Waals surface area (Å²) in [6.45, 7) is 16.6. The fraction of sp³-hybridized carbons (Fsp3) is 0.432. The molecule has 3 aliphatic carbocycles. The third-order valence-electron chi connectivity index (χ3n) is 9.30. The molecular formula is C37H44SZr. The van der Waals surface area contributed by atoms with Gasteiger partial charge in [0.25, 0.3) is 0 Å². The van der Waals surface area contributed by atoms with Crippen LogP contribution in [0.1, 0.15) is 112 Å². The zero-order chi connectivity index (χ0) is 27.5. The van der Waals surface area contributed by atoms with E-state index in [2.05, 4.69) is 114 Å². The summed E-state index contributed by atoms with van der Waals surface area (Å²) in [5.41, 5.74) is 12.6. The quantitative estimate of drug-likeness (QED) is 0.276. The zero-order valence-electron chi connectivity index (χ0n) is 24.9. The van der Waals surface area contributed by atoms with Gasteiger partial charge in [-0.05, 0) is 0 Å². The summed E-state index contributed by atoms with van der Waals surface area (Å²) in [6, 6.07) is 17.5. The molecule has 0 bridgehead atoms. The van der Waals surface area contributed by atoms with Gasteiger partial charge in [0, 0.05) is 0 Å². The Morgan fingerprint density at radius 2 is 1.36 bits per heavy atom. The van der Waals surface area contributed by atoms with Crippen LogP contribution in [0.15, 0.2) is 68.7 Å². The van der Waals surface area contributed by atoms with Crippen molar-refractivity contribution < 1.29 is 21.3 Å². The summed E-state index contributed by atoms with van der Waals surface area (Å²) >= 11 is -0.515. The Morgan fingerprint density at radius 1 is 0.769 bits per heavy atom. The van der Waals surface area contributed by atoms with Gasteiger partial charge in [-0.15, -0.1) is 0 Å². The normalized spacial score (nSPS) is 19.6. The molecule has 39 heavy (non-hydrogen) atoms. The van der Waals surface area contributed by atoms with Crippen LogP contribution < -0.4 is 0 Å². The Balaban J connectivity index is 1.64. The van der Waals surface area contributed by atoms with Gasteiger partial charge in [0.15, 0.2) is 0 Å². The van der Waals surface area contributed by atoms with Gasteiger partial charge in [-0.2, -0.15) is 0 Å². The second kappa shape index (κ2) is 10.3. The first-order chi connectivity index (χ1) is 18.5. The van der Waals surface area contributed by atoms with E-state index < -0.39 is 21.3 Å². The molecule has 202 valence electrons. The molecular weight excluding hydrogens is 568 g/mol. The van der Waals surface area contributed by atoms with Gasteiger partial charge >= 0.3 is 250 Å². The molecule has 3 aliphatic rings. The minimum atomic E-state index is -2.36. The van der Waals surface area contributed by atoms with E-state index in [0.29, 0.717) is 9.54 Å². The van der Waals surface area contributed by atoms with E-state index in [4.69, 9.17) is 0 Å². The molecule has 1 atom stereocenters. The maximum atomic E-state index is 2.57. The van der Waals surface area contributed by atoms with Crippen LogP contribution >= 0.6 is 11.3 Å². The number of thiophene rings is 1. The van der Waals surface area contributed by atoms with Gasteiger partial charge in [0.2, 0.25) is 0 Å². The van der Waals surface area contributed by atoms with E-state index in [1.54, 1.807) is 16.7 Å². The predicted octanol–water partition coefficient (Wildman–Crippen LogP) is 10.8. The summed E-state index contributed by atoms with van der Waals surface area (Å²) < 4.78 is 4.43. The monoisotopic (exact) mass is 610 g/mol. The van der Waals surface area contributed by atoms with Crippen LogP contribution in [0.25, 0.3) is 16.7 Å². The summed E-state index contributed by atoms with van der Waals surface area (Å²) in [5, 5.41) is 4.64. The number of benzene rings is 2. The molecule has 0 radical (unpaired) electrons. The molecule has 2 aromatic carbocycles. The van der Waals surface area contributed by atoms with Gasteiger partial charge in [-0.3, -0.25) is 0 Å². The van der Waals surface area contributed by atoms with Crippen molar-refractivity contribution in [1.82, 2.24) is 0 Å². The maximum absolute atomic E-state index is 2.57. The molecule has 6 rings (SSSR count). The van der Waals surface area contributed by atoms with Crippen molar-refractivity contribution in [2.75, 3.05) is 0 Å². The Hall–Kier alpha value is -1.63. The third-order valence-corrected chi connectivity index (χ3v) is 19.2. The molecule has 0 nitrogen and oxygen atoms in total. The van der Waals surface area contributed by atoms with Crippen molar-refractivity contribution in [2.24, 2.45) is 5.92 Å². The average Bonchev–Trinajstić information content (AvgIpc) is 3.63. The van der Waals surface area contributed by atoms with Crippen LogP contribution in [0, 0.1) is 5.92 Å². The zero-order valence-corrected chi connectivity index (χ0v) is 28.2. The molecule has 0 aliphatic heterocycles. The number of allylic oxidation sites excluding steroid dienone is 4. The van der Waals surface area contributed by atoms with Crippen LogP contribution in [0.5, 0.6) is 0 Å². The molecule has 0 N–H and O–H groups in total. The van der Waals surface area contributed by atoms with Gasteiger partial charge in [0.1, 0.15) is 0 Å². The number of rotatable bonds is 3. The van der Waals surface area contributed by atoms with E-state index in [1.165, 1.54) is 59.9 Å². The van der Waals surface area contributed by atoms with Crippen LogP contribution in [0.2, 0.25) is 0 Å². The van der Waals surface area contributed by atoms with E-state index in [0.717, 1.165) is 0 Å². The van der Waals surface area contributed by atoms with Crippen molar-refractivity contribution in [3.63, 3.8) is 0 Å². The molecule has 1 heterocycles. The first-order valence-corrected chi connectivity index (χ1v) is 19.8. The van der Waals surface area contributed by atoms with Crippen molar-refractivity contribution >= 4 is 20.1 Å². The fourth-order valence-electron chi connectivity index (χ4n) is 7.02. The first-order valence-electron chi connectivity index (χ1n) is 15.0. The predicted molar refractivity (Wildman–Crippen MR) is 169 cm³/mol. The van der Waals surface area contributed by atoms with Crippen molar-refractivity contribution in [3.05, 3.63) is 96.5 Å². The Morgan fingerprint density at radius 3 is 1.87 bits per heavy atom. The topological polar surface area (TPSA) is 0 Å². The summed E-state index contributed by atoms with van der Waals surface area (Å²) in [4.78, 5) is 0. The third kappa shape index (κ3) is 5.04. The average molecular weight is 612 g/mol. The molecule has 1 fully saturated rings. The van der Waals surface area contributed by atoms with Gasteiger partial charge in [-0.25, -0.2) is 0 Å². The van der Waals surface area contributed by atoms with Crippen molar-refractivity contribution in [3.8, 4) is 11.1 Å². The van der Waals surface area contributed by atoms with Crippen molar-refractivity contribution in [2.45, 2.75) is 95.0 Å². The van der Waals surface area contributed by atoms with Gasteiger partial charge < -0.3 is 0 Å². The number of hydrogen-bond donors (Lipinski definition) is 0. The van der Waals surface area contributed by atoms with E-state index in [-0.39, 0.29) is 10.8 Å². The molecule has 1 aromatic heterocycles. The molecule has 0 saturated heterocycles. The Kier molecular flexibility index (Phi) is 7.29. The molecule has 0 spiro atoms. The second-order valence-electron chi connectivity index (χ2n) is 14.1. The van der Waals surface area contributed by atoms with Crippen LogP contribution in [-0.2, 0) is 32.1 Å². The summed E-state index contributed by atoms with van der Waals surface area (Å²) in [7, 11) is 0. The van der Waals surface area contributed by atoms with Crippen molar-refractivity contribution in [1.29, 1.82) is 0 Å². The SMILES string of the molecule is CC1C=CC(c2ccsc2)=[C]1[Zr](=[C]1CCCCC1)[CH]1c2ccc(C(C)(C)C)cc2-c2cc(C(C)(C)C)ccc21. The summed E-state index contributed by atoms with van der Waals surface area (Å²) in [5.74, 6) is 0.555. The molecule has 1 saturated carbocycles. The van der Waals surface area contributed by atoms with Crippen LogP contribution in [0.3, 0.4) is 0 Å². The first kappa shape index (κ1) is 27.5. The van der Waals surface area contributed by atoms with Crippen LogP contribution in [0.4, 0.5) is 0 Å². The summed E-state index contributed by atoms with van der Waals surface area (Å²) in [6.07, 6.45) is 11.9. The number of fused-ring (bicyclic) bond motifs is 3. The molecule has 1 unspecified atom stereocenters. The Bertz CT molecular complexity index is 1430. The standard InChI is InChI=1S/C21H25.C10H9S.C6H10.Zr/c1-20(2,3)16-9-7-14-11-15-8-10-17(21(4,5)6)13-19(15)18(14)12-16;1-8-2-3-9(6-8)10-4-5-11-7-10;1-2-4-6-5-3-1;/h7-13H,1-6H3;2-5,7-8H,1H3;1-5H2;. The van der Waals surface area contributed by atoms with Gasteiger partial charge in [-0.1, -0.05) is 0 Å². The van der Waals surface area contributed by atoms with E-state index in [9.17, 15) is 0 Å². The molecule has 3 aromatic rings. The van der Waals surface area contributed by atoms with Crippen LogP contribution in [-0.4, -0.2) is 3.21 Å². The number of hydrogen-bond acceptors (Lipinski definition) is 1. The second-order valence-corrected chi connectivity index (χ2v) is 21.4. The Labute approximate surface area is 248 Å². The van der Waals surface area contributed by atoms with E-state index in [1.807, 2.05) is 17.8 Å². The van der Waals surface area contributed by atoms with Gasteiger partial charge in [0.05, 0.1) is 0 Å². The van der Waals surface area contributed by atoms with E-state index >= 15 is 0 Å².